The Morgan fingerprint density at radius 1 is 1.14 bits per heavy atom. The standard InChI is InChI=1S/C13H16O2.3CO.Cr/c1-9-6-4-5-7-11(9)13(3)8-10(2)12(14)15-13;3*1-2;/h4-7,10H,8H2,1-3H3;;;;/t10?,13-;;;;/m1..../s1. The maximum Gasteiger partial charge on any atom is 0 e. The van der Waals surface area contributed by atoms with Crippen molar-refractivity contribution in [3.05, 3.63) is 55.3 Å². The van der Waals surface area contributed by atoms with Crippen LogP contribution >= 0.6 is 0 Å². The molecule has 0 radical (unpaired) electrons. The third-order valence-electron chi connectivity index (χ3n) is 3.14. The van der Waals surface area contributed by atoms with Crippen molar-refractivity contribution in [3.63, 3.8) is 0 Å². The largest absolute Gasteiger partial charge is 0 e. The number of cyclic esters (lactones) is 1. The molecule has 1 fully saturated rings. The van der Waals surface area contributed by atoms with Crippen molar-refractivity contribution in [2.45, 2.75) is 32.8 Å². The van der Waals surface area contributed by atoms with Crippen LogP contribution in [0.4, 0.5) is 0 Å². The molecule has 22 heavy (non-hydrogen) atoms. The van der Waals surface area contributed by atoms with Crippen molar-refractivity contribution in [1.29, 1.82) is 0 Å². The summed E-state index contributed by atoms with van der Waals surface area (Å²) < 4.78 is 28.0. The molecule has 0 bridgehead atoms. The van der Waals surface area contributed by atoms with Crippen LogP contribution in [0.15, 0.2) is 24.3 Å². The molecule has 1 heterocycles. The molecule has 1 aromatic carbocycles. The summed E-state index contributed by atoms with van der Waals surface area (Å²) in [5.41, 5.74) is 1.88. The Bertz CT molecular complexity index is 506. The molecule has 0 N–H and O–H groups in total. The van der Waals surface area contributed by atoms with Gasteiger partial charge in [-0.1, -0.05) is 31.2 Å². The van der Waals surface area contributed by atoms with Gasteiger partial charge < -0.3 is 4.74 Å². The number of esters is 1. The zero-order valence-corrected chi connectivity index (χ0v) is 13.8. The van der Waals surface area contributed by atoms with Crippen LogP contribution < -0.4 is 0 Å². The fourth-order valence-electron chi connectivity index (χ4n) is 2.36. The first-order chi connectivity index (χ1) is 10.0. The molecule has 1 aliphatic heterocycles. The molecule has 2 rings (SSSR count). The normalized spacial score (nSPS) is 21.0. The van der Waals surface area contributed by atoms with E-state index >= 15 is 0 Å². The second-order valence-electron chi connectivity index (χ2n) is 4.57. The number of carbonyl (C=O) groups excluding carboxylic acids is 1. The van der Waals surface area contributed by atoms with Gasteiger partial charge in [0.05, 0.1) is 5.92 Å². The summed E-state index contributed by atoms with van der Waals surface area (Å²) in [6.07, 6.45) is 0.774. The molecular weight excluding hydrogens is 324 g/mol. The van der Waals surface area contributed by atoms with E-state index in [9.17, 15) is 4.79 Å². The number of ether oxygens (including phenoxy) is 1. The zero-order valence-electron chi connectivity index (χ0n) is 12.5. The van der Waals surface area contributed by atoms with Crippen LogP contribution in [0.3, 0.4) is 0 Å². The predicted octanol–water partition coefficient (Wildman–Crippen LogP) is 2.68. The molecule has 1 saturated heterocycles. The van der Waals surface area contributed by atoms with Gasteiger partial charge >= 0.3 is 39.9 Å². The Morgan fingerprint density at radius 3 is 1.95 bits per heavy atom. The maximum absolute atomic E-state index is 11.5. The second-order valence-corrected chi connectivity index (χ2v) is 4.57. The van der Waals surface area contributed by atoms with E-state index in [0.29, 0.717) is 0 Å². The Labute approximate surface area is 141 Å². The number of hydrogen-bond acceptors (Lipinski definition) is 2. The molecule has 0 saturated carbocycles. The third-order valence-corrected chi connectivity index (χ3v) is 3.14. The van der Waals surface area contributed by atoms with Crippen LogP contribution in [0.25, 0.3) is 0 Å². The van der Waals surface area contributed by atoms with Gasteiger partial charge in [-0.15, -0.1) is 0 Å². The molecule has 0 aliphatic carbocycles. The van der Waals surface area contributed by atoms with Crippen LogP contribution in [-0.2, 0) is 46.5 Å². The number of hydrogen-bond donors (Lipinski definition) is 0. The zero-order chi connectivity index (χ0) is 17.1. The average Bonchev–Trinajstić information content (AvgIpc) is 2.79. The number of carbonyl (C=O) groups is 1. The van der Waals surface area contributed by atoms with Crippen molar-refractivity contribution in [2.24, 2.45) is 5.92 Å². The van der Waals surface area contributed by atoms with Crippen LogP contribution in [0, 0.1) is 32.8 Å². The topological polar surface area (TPSA) is 86.0 Å². The van der Waals surface area contributed by atoms with Gasteiger partial charge in [-0.3, -0.25) is 4.79 Å². The van der Waals surface area contributed by atoms with E-state index in [-0.39, 0.29) is 29.2 Å². The molecule has 1 aromatic rings. The van der Waals surface area contributed by atoms with Gasteiger partial charge in [0.15, 0.2) is 0 Å². The first kappa shape index (κ1) is 25.4. The summed E-state index contributed by atoms with van der Waals surface area (Å²) in [4.78, 5) is 11.5. The van der Waals surface area contributed by atoms with Gasteiger partial charge in [0.1, 0.15) is 5.60 Å². The van der Waals surface area contributed by atoms with Crippen LogP contribution in [0.5, 0.6) is 0 Å². The first-order valence-electron chi connectivity index (χ1n) is 5.93. The van der Waals surface area contributed by atoms with Gasteiger partial charge in [0.25, 0.3) is 0 Å². The number of benzene rings is 1. The minimum absolute atomic E-state index is 0. The van der Waals surface area contributed by atoms with Crippen LogP contribution in [0.1, 0.15) is 31.4 Å². The van der Waals surface area contributed by atoms with Crippen molar-refractivity contribution < 1.29 is 40.8 Å². The summed E-state index contributed by atoms with van der Waals surface area (Å²) in [7, 11) is 0. The Balaban J connectivity index is -0.000000463. The third kappa shape index (κ3) is 6.47. The summed E-state index contributed by atoms with van der Waals surface area (Å²) in [5, 5.41) is 0. The van der Waals surface area contributed by atoms with Gasteiger partial charge in [-0.25, -0.2) is 0 Å². The molecule has 0 amide bonds. The number of aryl methyl sites for hydroxylation is 1. The van der Waals surface area contributed by atoms with Gasteiger partial charge in [-0.2, -0.15) is 0 Å². The molecule has 0 aromatic heterocycles. The smallest absolute Gasteiger partial charge is 0 e. The fraction of sp³-hybridized carbons (Fsp3) is 0.375. The molecule has 2 atom stereocenters. The minimum Gasteiger partial charge on any atom is 0 e. The van der Waals surface area contributed by atoms with E-state index in [0.717, 1.165) is 12.0 Å². The molecule has 5 nitrogen and oxygen atoms in total. The van der Waals surface area contributed by atoms with E-state index in [1.807, 2.05) is 32.0 Å². The molecular formula is C16H16CrO5. The SMILES string of the molecule is Cc1ccccc1[C@@]1(C)CC(C)C(=O)O1.[C-]#[O+].[C-]#[O+].[C-]#[O+].[Cr]. The van der Waals surface area contributed by atoms with Crippen molar-refractivity contribution in [3.8, 4) is 0 Å². The van der Waals surface area contributed by atoms with Crippen molar-refractivity contribution in [2.75, 3.05) is 0 Å². The summed E-state index contributed by atoms with van der Waals surface area (Å²) in [6.45, 7) is 19.5. The minimum atomic E-state index is -0.429. The fourth-order valence-corrected chi connectivity index (χ4v) is 2.36. The van der Waals surface area contributed by atoms with Crippen LogP contribution in [0.2, 0.25) is 0 Å². The molecule has 1 unspecified atom stereocenters. The molecule has 0 spiro atoms. The molecule has 116 valence electrons. The van der Waals surface area contributed by atoms with Crippen LogP contribution in [-0.4, -0.2) is 5.97 Å². The summed E-state index contributed by atoms with van der Waals surface area (Å²) >= 11 is 0. The van der Waals surface area contributed by atoms with Gasteiger partial charge in [-0.05, 0) is 25.0 Å². The Morgan fingerprint density at radius 2 is 1.59 bits per heavy atom. The molecule has 1 aliphatic rings. The monoisotopic (exact) mass is 340 g/mol. The van der Waals surface area contributed by atoms with Gasteiger partial charge in [0.2, 0.25) is 0 Å². The second kappa shape index (κ2) is 13.1. The van der Waals surface area contributed by atoms with Crippen molar-refractivity contribution >= 4 is 5.97 Å². The summed E-state index contributed by atoms with van der Waals surface area (Å²) in [6, 6.07) is 8.09. The molecule has 6 heteroatoms. The average molecular weight is 340 g/mol. The van der Waals surface area contributed by atoms with E-state index in [4.69, 9.17) is 18.7 Å². The first-order valence-corrected chi connectivity index (χ1v) is 5.93. The van der Waals surface area contributed by atoms with E-state index in [1.165, 1.54) is 5.56 Å². The van der Waals surface area contributed by atoms with Crippen molar-refractivity contribution in [1.82, 2.24) is 0 Å². The van der Waals surface area contributed by atoms with Gasteiger partial charge in [0, 0.05) is 23.8 Å². The predicted molar refractivity (Wildman–Crippen MR) is 70.2 cm³/mol. The quantitative estimate of drug-likeness (QED) is 0.447. The van der Waals surface area contributed by atoms with E-state index in [1.54, 1.807) is 0 Å². The summed E-state index contributed by atoms with van der Waals surface area (Å²) in [5.74, 6) is -0.0737. The Kier molecular flexibility index (Phi) is 15.2. The maximum atomic E-state index is 11.5. The number of rotatable bonds is 1. The Hall–Kier alpha value is -1.56. The van der Waals surface area contributed by atoms with E-state index < -0.39 is 5.60 Å². The van der Waals surface area contributed by atoms with E-state index in [2.05, 4.69) is 32.9 Å².